The van der Waals surface area contributed by atoms with Crippen LogP contribution in [0.15, 0.2) is 16.8 Å². The van der Waals surface area contributed by atoms with Crippen LogP contribution in [0, 0.1) is 12.8 Å². The number of rotatable bonds is 4. The third kappa shape index (κ3) is 4.04. The van der Waals surface area contributed by atoms with Gasteiger partial charge in [-0.3, -0.25) is 14.7 Å². The highest BCUT2D eigenvalue weighted by molar-refractivity contribution is 5.92. The summed E-state index contributed by atoms with van der Waals surface area (Å²) < 4.78 is 4.94. The van der Waals surface area contributed by atoms with Crippen LogP contribution in [0.25, 0.3) is 0 Å². The minimum atomic E-state index is -0.211. The summed E-state index contributed by atoms with van der Waals surface area (Å²) in [6.07, 6.45) is 7.80. The Morgan fingerprint density at radius 1 is 1.15 bits per heavy atom. The van der Waals surface area contributed by atoms with E-state index in [0.29, 0.717) is 11.5 Å². The molecule has 0 saturated heterocycles. The fraction of sp³-hybridized carbons (Fsp3) is 0.579. The lowest BCUT2D eigenvalue weighted by atomic mass is 9.84. The Bertz CT molecular complexity index is 819. The molecule has 0 spiro atoms. The number of aryl methyl sites for hydroxylation is 2. The van der Waals surface area contributed by atoms with Crippen LogP contribution >= 0.6 is 0 Å². The average molecular weight is 371 g/mol. The number of hydrogen-bond donors (Lipinski definition) is 3. The molecule has 0 aliphatic heterocycles. The molecular formula is C19H25N5O3. The van der Waals surface area contributed by atoms with E-state index in [0.717, 1.165) is 50.6 Å². The SMILES string of the molecule is Cc1cc(C(=O)NC2CCC(C(=O)NC3CCc4cn[nH]c4C3)CC2)no1. The summed E-state index contributed by atoms with van der Waals surface area (Å²) in [5.74, 6) is 0.568. The Kier molecular flexibility index (Phi) is 4.96. The zero-order valence-corrected chi connectivity index (χ0v) is 15.5. The topological polar surface area (TPSA) is 113 Å². The monoisotopic (exact) mass is 371 g/mol. The summed E-state index contributed by atoms with van der Waals surface area (Å²) in [6, 6.07) is 1.89. The minimum absolute atomic E-state index is 0.0237. The number of H-pyrrole nitrogens is 1. The van der Waals surface area contributed by atoms with E-state index in [9.17, 15) is 9.59 Å². The standard InChI is InChI=1S/C19H25N5O3/c1-11-8-17(24-27-11)19(26)21-14-5-2-12(3-6-14)18(25)22-15-7-4-13-10-20-23-16(13)9-15/h8,10,12,14-15H,2-7,9H2,1H3,(H,20,23)(H,21,26)(H,22,25). The van der Waals surface area contributed by atoms with Gasteiger partial charge in [-0.1, -0.05) is 5.16 Å². The van der Waals surface area contributed by atoms with E-state index in [1.54, 1.807) is 13.0 Å². The van der Waals surface area contributed by atoms with Crippen molar-refractivity contribution >= 4 is 11.8 Å². The molecule has 8 heteroatoms. The highest BCUT2D eigenvalue weighted by Crippen LogP contribution is 2.26. The zero-order valence-electron chi connectivity index (χ0n) is 15.5. The molecule has 2 heterocycles. The first-order valence-electron chi connectivity index (χ1n) is 9.64. The fourth-order valence-corrected chi connectivity index (χ4v) is 4.08. The van der Waals surface area contributed by atoms with E-state index >= 15 is 0 Å². The fourth-order valence-electron chi connectivity index (χ4n) is 4.08. The van der Waals surface area contributed by atoms with Crippen molar-refractivity contribution in [2.24, 2.45) is 5.92 Å². The van der Waals surface area contributed by atoms with E-state index in [-0.39, 0.29) is 29.8 Å². The summed E-state index contributed by atoms with van der Waals surface area (Å²) in [7, 11) is 0. The number of carbonyl (C=O) groups is 2. The van der Waals surface area contributed by atoms with Gasteiger partial charge in [0.05, 0.1) is 6.20 Å². The van der Waals surface area contributed by atoms with Crippen LogP contribution in [0.2, 0.25) is 0 Å². The number of aromatic nitrogens is 3. The highest BCUT2D eigenvalue weighted by Gasteiger charge is 2.30. The van der Waals surface area contributed by atoms with Crippen LogP contribution in [-0.4, -0.2) is 39.3 Å². The lowest BCUT2D eigenvalue weighted by Crippen LogP contribution is -2.45. The molecule has 1 saturated carbocycles. The van der Waals surface area contributed by atoms with Crippen molar-refractivity contribution in [2.45, 2.75) is 64.0 Å². The van der Waals surface area contributed by atoms with E-state index < -0.39 is 0 Å². The van der Waals surface area contributed by atoms with Gasteiger partial charge >= 0.3 is 0 Å². The van der Waals surface area contributed by atoms with Crippen LogP contribution in [0.4, 0.5) is 0 Å². The second kappa shape index (κ2) is 7.54. The lowest BCUT2D eigenvalue weighted by Gasteiger charge is -2.30. The summed E-state index contributed by atoms with van der Waals surface area (Å²) in [4.78, 5) is 24.8. The number of amides is 2. The van der Waals surface area contributed by atoms with Gasteiger partial charge in [-0.05, 0) is 51.0 Å². The van der Waals surface area contributed by atoms with Gasteiger partial charge in [0.25, 0.3) is 5.91 Å². The smallest absolute Gasteiger partial charge is 0.273 e. The summed E-state index contributed by atoms with van der Waals surface area (Å²) in [5, 5.41) is 17.0. The number of hydrogen-bond acceptors (Lipinski definition) is 5. The van der Waals surface area contributed by atoms with Gasteiger partial charge in [-0.15, -0.1) is 0 Å². The summed E-state index contributed by atoms with van der Waals surface area (Å²) >= 11 is 0. The Hall–Kier alpha value is -2.64. The molecule has 0 aromatic carbocycles. The van der Waals surface area contributed by atoms with Crippen molar-refractivity contribution in [3.63, 3.8) is 0 Å². The van der Waals surface area contributed by atoms with Crippen molar-refractivity contribution in [1.29, 1.82) is 0 Å². The summed E-state index contributed by atoms with van der Waals surface area (Å²) in [6.45, 7) is 1.76. The maximum Gasteiger partial charge on any atom is 0.273 e. The van der Waals surface area contributed by atoms with Crippen molar-refractivity contribution in [3.05, 3.63) is 35.0 Å². The number of nitrogens with zero attached hydrogens (tertiary/aromatic N) is 2. The number of carbonyl (C=O) groups excluding carboxylic acids is 2. The Morgan fingerprint density at radius 2 is 1.96 bits per heavy atom. The molecule has 2 aliphatic carbocycles. The van der Waals surface area contributed by atoms with Crippen LogP contribution in [-0.2, 0) is 17.6 Å². The molecule has 27 heavy (non-hydrogen) atoms. The molecule has 144 valence electrons. The van der Waals surface area contributed by atoms with Crippen molar-refractivity contribution in [1.82, 2.24) is 26.0 Å². The van der Waals surface area contributed by atoms with Crippen LogP contribution in [0.3, 0.4) is 0 Å². The Labute approximate surface area is 157 Å². The van der Waals surface area contributed by atoms with Crippen LogP contribution in [0.1, 0.15) is 59.6 Å². The molecule has 4 rings (SSSR count). The molecule has 0 bridgehead atoms. The van der Waals surface area contributed by atoms with E-state index in [4.69, 9.17) is 4.52 Å². The third-order valence-electron chi connectivity index (χ3n) is 5.66. The molecule has 2 aromatic rings. The largest absolute Gasteiger partial charge is 0.361 e. The molecular weight excluding hydrogens is 346 g/mol. The molecule has 1 unspecified atom stereocenters. The van der Waals surface area contributed by atoms with Crippen LogP contribution in [0.5, 0.6) is 0 Å². The lowest BCUT2D eigenvalue weighted by molar-refractivity contribution is -0.126. The molecule has 8 nitrogen and oxygen atoms in total. The van der Waals surface area contributed by atoms with Gasteiger partial charge in [0.1, 0.15) is 5.76 Å². The summed E-state index contributed by atoms with van der Waals surface area (Å²) in [5.41, 5.74) is 2.71. The van der Waals surface area contributed by atoms with E-state index in [2.05, 4.69) is 26.0 Å². The number of nitrogens with one attached hydrogen (secondary N) is 3. The van der Waals surface area contributed by atoms with Gasteiger partial charge in [0, 0.05) is 36.2 Å². The quantitative estimate of drug-likeness (QED) is 0.757. The minimum Gasteiger partial charge on any atom is -0.361 e. The van der Waals surface area contributed by atoms with Gasteiger partial charge < -0.3 is 15.2 Å². The van der Waals surface area contributed by atoms with Gasteiger partial charge in [-0.2, -0.15) is 5.10 Å². The first-order valence-corrected chi connectivity index (χ1v) is 9.64. The predicted molar refractivity (Wildman–Crippen MR) is 97.0 cm³/mol. The first-order chi connectivity index (χ1) is 13.1. The maximum atomic E-state index is 12.6. The third-order valence-corrected chi connectivity index (χ3v) is 5.66. The Balaban J connectivity index is 1.23. The van der Waals surface area contributed by atoms with Gasteiger partial charge in [0.2, 0.25) is 5.91 Å². The number of fused-ring (bicyclic) bond motifs is 1. The normalized spacial score (nSPS) is 24.9. The van der Waals surface area contributed by atoms with Crippen molar-refractivity contribution in [2.75, 3.05) is 0 Å². The number of aromatic amines is 1. The van der Waals surface area contributed by atoms with Crippen molar-refractivity contribution < 1.29 is 14.1 Å². The average Bonchev–Trinajstić information content (AvgIpc) is 3.30. The predicted octanol–water partition coefficient (Wildman–Crippen LogP) is 1.67. The molecule has 2 amide bonds. The Morgan fingerprint density at radius 3 is 2.70 bits per heavy atom. The second-order valence-corrected chi connectivity index (χ2v) is 7.67. The van der Waals surface area contributed by atoms with Crippen LogP contribution < -0.4 is 10.6 Å². The molecule has 0 radical (unpaired) electrons. The van der Waals surface area contributed by atoms with Crippen molar-refractivity contribution in [3.8, 4) is 0 Å². The molecule has 1 atom stereocenters. The zero-order chi connectivity index (χ0) is 18.8. The van der Waals surface area contributed by atoms with E-state index in [1.165, 1.54) is 5.56 Å². The molecule has 2 aliphatic rings. The first kappa shape index (κ1) is 17.8. The molecule has 2 aromatic heterocycles. The highest BCUT2D eigenvalue weighted by atomic mass is 16.5. The second-order valence-electron chi connectivity index (χ2n) is 7.67. The molecule has 3 N–H and O–H groups in total. The van der Waals surface area contributed by atoms with Gasteiger partial charge in [-0.25, -0.2) is 0 Å². The van der Waals surface area contributed by atoms with Gasteiger partial charge in [0.15, 0.2) is 5.69 Å². The van der Waals surface area contributed by atoms with E-state index in [1.807, 2.05) is 6.20 Å². The molecule has 1 fully saturated rings. The maximum absolute atomic E-state index is 12.6.